The minimum atomic E-state index is -0.800. The first-order valence-electron chi connectivity index (χ1n) is 17.5. The predicted molar refractivity (Wildman–Crippen MR) is 178 cm³/mol. The Bertz CT molecular complexity index is 1530. The molecule has 10 atom stereocenters. The number of rotatable bonds is 11. The van der Waals surface area contributed by atoms with Crippen LogP contribution in [-0.4, -0.2) is 84.8 Å². The lowest BCUT2D eigenvalue weighted by atomic mass is 10.0. The molecule has 0 spiro atoms. The van der Waals surface area contributed by atoms with E-state index in [0.29, 0.717) is 33.0 Å². The van der Waals surface area contributed by atoms with E-state index in [9.17, 15) is 0 Å². The molecule has 3 aromatic carbocycles. The molecule has 8 rings (SSSR count). The Morgan fingerprint density at radius 2 is 1.12 bits per heavy atom. The first-order valence-corrected chi connectivity index (χ1v) is 17.5. The molecule has 5 fully saturated rings. The van der Waals surface area contributed by atoms with Crippen LogP contribution in [0.3, 0.4) is 0 Å². The molecular weight excluding hydrogens is 626 g/mol. The molecule has 0 bridgehead atoms. The summed E-state index contributed by atoms with van der Waals surface area (Å²) < 4.78 is 52.6. The summed E-state index contributed by atoms with van der Waals surface area (Å²) in [5.74, 6) is -1.57. The van der Waals surface area contributed by atoms with Gasteiger partial charge in [-0.1, -0.05) is 91.0 Å². The van der Waals surface area contributed by atoms with Gasteiger partial charge in [-0.2, -0.15) is 5.06 Å². The van der Waals surface area contributed by atoms with Crippen LogP contribution in [0.2, 0.25) is 0 Å². The standard InChI is InChI=1S/C39H47NO9/c1-38(2)44-24-29(47-38)32-35-36(49-39(3,4)48-35)37(46-32)40-30-28(23-45-40)31(41-20-25-14-8-5-9-15-25)34(43-22-27-18-12-7-13-19-27)33(30)42-21-26-16-10-6-11-17-26/h5-19,28-37H,20-24H2,1-4H3. The van der Waals surface area contributed by atoms with Gasteiger partial charge in [0, 0.05) is 5.92 Å². The highest BCUT2D eigenvalue weighted by molar-refractivity contribution is 5.17. The van der Waals surface area contributed by atoms with Crippen molar-refractivity contribution in [2.24, 2.45) is 5.92 Å². The van der Waals surface area contributed by atoms with E-state index in [1.54, 1.807) is 0 Å². The molecule has 1 saturated carbocycles. The molecule has 4 aliphatic heterocycles. The Morgan fingerprint density at radius 3 is 1.67 bits per heavy atom. The molecule has 4 heterocycles. The second-order valence-corrected chi connectivity index (χ2v) is 14.5. The normalized spacial score (nSPS) is 36.2. The Balaban J connectivity index is 1.11. The summed E-state index contributed by atoms with van der Waals surface area (Å²) in [4.78, 5) is 6.59. The highest BCUT2D eigenvalue weighted by atomic mass is 16.8. The molecule has 5 aliphatic rings. The van der Waals surface area contributed by atoms with Crippen LogP contribution in [-0.2, 0) is 62.6 Å². The third-order valence-corrected chi connectivity index (χ3v) is 10.1. The van der Waals surface area contributed by atoms with Crippen LogP contribution in [0.25, 0.3) is 0 Å². The van der Waals surface area contributed by atoms with Gasteiger partial charge in [0.25, 0.3) is 0 Å². The monoisotopic (exact) mass is 673 g/mol. The lowest BCUT2D eigenvalue weighted by molar-refractivity contribution is -0.292. The van der Waals surface area contributed by atoms with Crippen LogP contribution in [0, 0.1) is 5.92 Å². The third-order valence-electron chi connectivity index (χ3n) is 10.1. The number of hydroxylamine groups is 2. The quantitative estimate of drug-likeness (QED) is 0.264. The van der Waals surface area contributed by atoms with Crippen LogP contribution in [0.1, 0.15) is 44.4 Å². The van der Waals surface area contributed by atoms with Crippen molar-refractivity contribution in [1.29, 1.82) is 0 Å². The summed E-state index contributed by atoms with van der Waals surface area (Å²) in [6, 6.07) is 30.4. The van der Waals surface area contributed by atoms with E-state index >= 15 is 0 Å². The first kappa shape index (κ1) is 33.4. The maximum Gasteiger partial charge on any atom is 0.164 e. The highest BCUT2D eigenvalue weighted by Gasteiger charge is 2.66. The molecule has 10 heteroatoms. The van der Waals surface area contributed by atoms with Crippen molar-refractivity contribution in [3.63, 3.8) is 0 Å². The van der Waals surface area contributed by atoms with E-state index in [4.69, 9.17) is 42.7 Å². The number of fused-ring (bicyclic) bond motifs is 2. The van der Waals surface area contributed by atoms with E-state index in [-0.39, 0.29) is 36.4 Å². The Kier molecular flexibility index (Phi) is 9.38. The van der Waals surface area contributed by atoms with Gasteiger partial charge >= 0.3 is 0 Å². The molecule has 3 aromatic rings. The van der Waals surface area contributed by atoms with Gasteiger partial charge in [0.2, 0.25) is 0 Å². The Morgan fingerprint density at radius 1 is 0.592 bits per heavy atom. The predicted octanol–water partition coefficient (Wildman–Crippen LogP) is 5.38. The molecule has 1 aliphatic carbocycles. The van der Waals surface area contributed by atoms with Crippen LogP contribution >= 0.6 is 0 Å². The van der Waals surface area contributed by atoms with E-state index in [0.717, 1.165) is 16.7 Å². The van der Waals surface area contributed by atoms with Gasteiger partial charge in [-0.3, -0.25) is 4.84 Å². The number of nitrogens with zero attached hydrogens (tertiary/aromatic N) is 1. The summed E-state index contributed by atoms with van der Waals surface area (Å²) in [5, 5.41) is 1.95. The average Bonchev–Trinajstić information content (AvgIpc) is 3.90. The van der Waals surface area contributed by atoms with E-state index < -0.39 is 36.1 Å². The van der Waals surface area contributed by atoms with Gasteiger partial charge < -0.3 is 37.9 Å². The number of ether oxygens (including phenoxy) is 8. The molecule has 4 saturated heterocycles. The molecule has 0 N–H and O–H groups in total. The fourth-order valence-corrected chi connectivity index (χ4v) is 7.98. The maximum absolute atomic E-state index is 6.88. The largest absolute Gasteiger partial charge is 0.370 e. The molecule has 0 aromatic heterocycles. The van der Waals surface area contributed by atoms with E-state index in [1.165, 1.54) is 0 Å². The van der Waals surface area contributed by atoms with Crippen LogP contribution < -0.4 is 0 Å². The maximum atomic E-state index is 6.88. The molecule has 49 heavy (non-hydrogen) atoms. The van der Waals surface area contributed by atoms with E-state index in [2.05, 4.69) is 36.4 Å². The lowest BCUT2D eigenvalue weighted by Gasteiger charge is -2.35. The summed E-state index contributed by atoms with van der Waals surface area (Å²) >= 11 is 0. The van der Waals surface area contributed by atoms with Crippen LogP contribution in [0.4, 0.5) is 0 Å². The smallest absolute Gasteiger partial charge is 0.164 e. The van der Waals surface area contributed by atoms with Crippen LogP contribution in [0.15, 0.2) is 91.0 Å². The van der Waals surface area contributed by atoms with Crippen molar-refractivity contribution in [3.05, 3.63) is 108 Å². The summed E-state index contributed by atoms with van der Waals surface area (Å²) in [6.45, 7) is 9.80. The van der Waals surface area contributed by atoms with Gasteiger partial charge in [0.15, 0.2) is 17.8 Å². The van der Waals surface area contributed by atoms with Crippen molar-refractivity contribution >= 4 is 0 Å². The number of hydrogen-bond acceptors (Lipinski definition) is 10. The third kappa shape index (κ3) is 6.97. The Labute approximate surface area is 288 Å². The zero-order chi connectivity index (χ0) is 33.6. The number of benzene rings is 3. The second-order valence-electron chi connectivity index (χ2n) is 14.5. The minimum Gasteiger partial charge on any atom is -0.370 e. The van der Waals surface area contributed by atoms with E-state index in [1.807, 2.05) is 87.4 Å². The van der Waals surface area contributed by atoms with Crippen molar-refractivity contribution in [3.8, 4) is 0 Å². The van der Waals surface area contributed by atoms with Gasteiger partial charge in [0.1, 0.15) is 36.6 Å². The summed E-state index contributed by atoms with van der Waals surface area (Å²) in [7, 11) is 0. The van der Waals surface area contributed by atoms with Crippen molar-refractivity contribution in [2.75, 3.05) is 13.2 Å². The summed E-state index contributed by atoms with van der Waals surface area (Å²) in [5.41, 5.74) is 3.25. The van der Waals surface area contributed by atoms with Crippen molar-refractivity contribution in [2.45, 2.75) is 114 Å². The van der Waals surface area contributed by atoms with Crippen LogP contribution in [0.5, 0.6) is 0 Å². The van der Waals surface area contributed by atoms with Gasteiger partial charge in [-0.05, 0) is 44.4 Å². The molecule has 0 radical (unpaired) electrons. The lowest BCUT2D eigenvalue weighted by Crippen LogP contribution is -2.52. The zero-order valence-corrected chi connectivity index (χ0v) is 28.6. The Hall–Kier alpha value is -2.74. The SMILES string of the molecule is CC1(C)OCC(C2OC(N3OCC4C(OCc5ccccc5)C(OCc5ccccc5)C(OCc5ccccc5)C43)C3OC(C)(C)OC23)O1. The molecular formula is C39H47NO9. The minimum absolute atomic E-state index is 0.0633. The molecule has 0 amide bonds. The fourth-order valence-electron chi connectivity index (χ4n) is 7.98. The van der Waals surface area contributed by atoms with Gasteiger partial charge in [-0.25, -0.2) is 0 Å². The van der Waals surface area contributed by atoms with Crippen molar-refractivity contribution < 1.29 is 42.7 Å². The highest BCUT2D eigenvalue weighted by Crippen LogP contribution is 2.49. The zero-order valence-electron chi connectivity index (χ0n) is 28.6. The number of hydrogen-bond donors (Lipinski definition) is 0. The fraction of sp³-hybridized carbons (Fsp3) is 0.538. The van der Waals surface area contributed by atoms with Crippen molar-refractivity contribution in [1.82, 2.24) is 5.06 Å². The topological polar surface area (TPSA) is 86.3 Å². The summed E-state index contributed by atoms with van der Waals surface area (Å²) in [6.07, 6.45) is -3.20. The molecule has 10 nitrogen and oxygen atoms in total. The van der Waals surface area contributed by atoms with Gasteiger partial charge in [-0.15, -0.1) is 0 Å². The van der Waals surface area contributed by atoms with Gasteiger partial charge in [0.05, 0.1) is 45.2 Å². The second kappa shape index (κ2) is 13.8. The first-order chi connectivity index (χ1) is 23.7. The molecule has 262 valence electrons. The average molecular weight is 674 g/mol. The molecule has 10 unspecified atom stereocenters.